The SMILES string of the molecule is CCC(CC)C(=O)NCC(C)(C)N1CCOC1=O. The van der Waals surface area contributed by atoms with Gasteiger partial charge < -0.3 is 10.1 Å². The number of ether oxygens (including phenoxy) is 1. The van der Waals surface area contributed by atoms with Crippen molar-refractivity contribution < 1.29 is 14.3 Å². The minimum absolute atomic E-state index is 0.0614. The molecule has 0 aliphatic carbocycles. The molecule has 1 fully saturated rings. The summed E-state index contributed by atoms with van der Waals surface area (Å²) in [5.41, 5.74) is -0.407. The van der Waals surface area contributed by atoms with E-state index in [1.54, 1.807) is 4.90 Å². The second-order valence-electron chi connectivity index (χ2n) is 5.31. The first-order chi connectivity index (χ1) is 8.42. The van der Waals surface area contributed by atoms with Gasteiger partial charge in [-0.25, -0.2) is 4.79 Å². The van der Waals surface area contributed by atoms with Gasteiger partial charge in [0.25, 0.3) is 0 Å². The Bertz CT molecular complexity index is 311. The molecule has 0 saturated carbocycles. The fourth-order valence-corrected chi connectivity index (χ4v) is 2.15. The Morgan fingerprint density at radius 2 is 2.06 bits per heavy atom. The molecule has 18 heavy (non-hydrogen) atoms. The molecule has 5 heteroatoms. The van der Waals surface area contributed by atoms with Crippen molar-refractivity contribution in [2.45, 2.75) is 46.1 Å². The molecule has 1 heterocycles. The highest BCUT2D eigenvalue weighted by Crippen LogP contribution is 2.19. The quantitative estimate of drug-likeness (QED) is 0.788. The van der Waals surface area contributed by atoms with Gasteiger partial charge in [-0.3, -0.25) is 9.69 Å². The highest BCUT2D eigenvalue weighted by Gasteiger charge is 2.36. The lowest BCUT2D eigenvalue weighted by Gasteiger charge is -2.34. The van der Waals surface area contributed by atoms with E-state index in [4.69, 9.17) is 4.74 Å². The average Bonchev–Trinajstić information content (AvgIpc) is 2.75. The third-order valence-electron chi connectivity index (χ3n) is 3.54. The van der Waals surface area contributed by atoms with E-state index in [2.05, 4.69) is 5.32 Å². The maximum Gasteiger partial charge on any atom is 0.410 e. The maximum absolute atomic E-state index is 11.9. The number of nitrogens with zero attached hydrogens (tertiary/aromatic N) is 1. The van der Waals surface area contributed by atoms with Crippen molar-refractivity contribution in [2.24, 2.45) is 5.92 Å². The van der Waals surface area contributed by atoms with Crippen LogP contribution in [0.5, 0.6) is 0 Å². The number of nitrogens with one attached hydrogen (secondary N) is 1. The fourth-order valence-electron chi connectivity index (χ4n) is 2.15. The van der Waals surface area contributed by atoms with Gasteiger partial charge in [-0.15, -0.1) is 0 Å². The third-order valence-corrected chi connectivity index (χ3v) is 3.54. The smallest absolute Gasteiger partial charge is 0.410 e. The number of carbonyl (C=O) groups excluding carboxylic acids is 2. The van der Waals surface area contributed by atoms with Crippen LogP contribution in [-0.4, -0.2) is 42.1 Å². The van der Waals surface area contributed by atoms with Crippen molar-refractivity contribution in [3.8, 4) is 0 Å². The van der Waals surface area contributed by atoms with Crippen molar-refractivity contribution in [1.82, 2.24) is 10.2 Å². The molecule has 0 aromatic carbocycles. The van der Waals surface area contributed by atoms with Gasteiger partial charge in [-0.1, -0.05) is 13.8 Å². The van der Waals surface area contributed by atoms with E-state index in [0.29, 0.717) is 19.7 Å². The number of carbonyl (C=O) groups is 2. The lowest BCUT2D eigenvalue weighted by molar-refractivity contribution is -0.125. The molecular formula is C13H24N2O3. The Labute approximate surface area is 109 Å². The highest BCUT2D eigenvalue weighted by molar-refractivity contribution is 5.78. The first kappa shape index (κ1) is 14.8. The van der Waals surface area contributed by atoms with Crippen molar-refractivity contribution in [3.05, 3.63) is 0 Å². The van der Waals surface area contributed by atoms with Gasteiger partial charge in [0.15, 0.2) is 0 Å². The van der Waals surface area contributed by atoms with Gasteiger partial charge in [-0.2, -0.15) is 0 Å². The largest absolute Gasteiger partial charge is 0.448 e. The number of hydrogen-bond acceptors (Lipinski definition) is 3. The molecule has 0 unspecified atom stereocenters. The Morgan fingerprint density at radius 1 is 1.44 bits per heavy atom. The summed E-state index contributed by atoms with van der Waals surface area (Å²) < 4.78 is 4.92. The van der Waals surface area contributed by atoms with Crippen LogP contribution in [0.4, 0.5) is 4.79 Å². The molecule has 5 nitrogen and oxygen atoms in total. The number of hydrogen-bond donors (Lipinski definition) is 1. The highest BCUT2D eigenvalue weighted by atomic mass is 16.6. The van der Waals surface area contributed by atoms with E-state index < -0.39 is 5.54 Å². The number of cyclic esters (lactones) is 1. The molecule has 0 bridgehead atoms. The normalized spacial score (nSPS) is 16.1. The fraction of sp³-hybridized carbons (Fsp3) is 0.846. The van der Waals surface area contributed by atoms with E-state index >= 15 is 0 Å². The van der Waals surface area contributed by atoms with Crippen LogP contribution < -0.4 is 5.32 Å². The summed E-state index contributed by atoms with van der Waals surface area (Å²) in [6.45, 7) is 9.37. The molecule has 104 valence electrons. The Balaban J connectivity index is 2.51. The van der Waals surface area contributed by atoms with Crippen LogP contribution in [0.25, 0.3) is 0 Å². The first-order valence-corrected chi connectivity index (χ1v) is 6.64. The van der Waals surface area contributed by atoms with Crippen molar-refractivity contribution >= 4 is 12.0 Å². The third kappa shape index (κ3) is 3.37. The van der Waals surface area contributed by atoms with Crippen LogP contribution in [0.3, 0.4) is 0 Å². The van der Waals surface area contributed by atoms with Crippen LogP contribution >= 0.6 is 0 Å². The summed E-state index contributed by atoms with van der Waals surface area (Å²) in [6, 6.07) is 0. The van der Waals surface area contributed by atoms with Gasteiger partial charge in [0.05, 0.1) is 12.1 Å². The molecule has 1 N–H and O–H groups in total. The minimum atomic E-state index is -0.407. The van der Waals surface area contributed by atoms with Crippen LogP contribution in [0.1, 0.15) is 40.5 Å². The summed E-state index contributed by atoms with van der Waals surface area (Å²) in [7, 11) is 0. The first-order valence-electron chi connectivity index (χ1n) is 6.64. The number of rotatable bonds is 6. The van der Waals surface area contributed by atoms with Crippen LogP contribution in [0.2, 0.25) is 0 Å². The van der Waals surface area contributed by atoms with Gasteiger partial charge >= 0.3 is 6.09 Å². The lowest BCUT2D eigenvalue weighted by Crippen LogP contribution is -2.52. The van der Waals surface area contributed by atoms with Crippen LogP contribution in [0.15, 0.2) is 0 Å². The Kier molecular flexibility index (Phi) is 4.99. The summed E-state index contributed by atoms with van der Waals surface area (Å²) in [4.78, 5) is 25.1. The molecule has 0 spiro atoms. The van der Waals surface area contributed by atoms with Gasteiger partial charge in [0.2, 0.25) is 5.91 Å². The summed E-state index contributed by atoms with van der Waals surface area (Å²) >= 11 is 0. The molecule has 0 aromatic heterocycles. The molecule has 0 aromatic rings. The van der Waals surface area contributed by atoms with E-state index in [1.165, 1.54) is 0 Å². The average molecular weight is 256 g/mol. The predicted molar refractivity (Wildman–Crippen MR) is 69.2 cm³/mol. The molecule has 0 atom stereocenters. The zero-order valence-corrected chi connectivity index (χ0v) is 11.8. The topological polar surface area (TPSA) is 58.6 Å². The van der Waals surface area contributed by atoms with Crippen LogP contribution in [0, 0.1) is 5.92 Å². The molecule has 1 aliphatic heterocycles. The van der Waals surface area contributed by atoms with Crippen molar-refractivity contribution in [3.63, 3.8) is 0 Å². The van der Waals surface area contributed by atoms with Gasteiger partial charge in [-0.05, 0) is 26.7 Å². The second-order valence-corrected chi connectivity index (χ2v) is 5.31. The monoisotopic (exact) mass is 256 g/mol. The van der Waals surface area contributed by atoms with Crippen molar-refractivity contribution in [2.75, 3.05) is 19.7 Å². The zero-order chi connectivity index (χ0) is 13.8. The predicted octanol–water partition coefficient (Wildman–Crippen LogP) is 1.77. The molecule has 1 aliphatic rings. The summed E-state index contributed by atoms with van der Waals surface area (Å²) in [6.07, 6.45) is 1.39. The van der Waals surface area contributed by atoms with Crippen LogP contribution in [-0.2, 0) is 9.53 Å². The molecule has 1 saturated heterocycles. The van der Waals surface area contributed by atoms with Gasteiger partial charge in [0.1, 0.15) is 6.61 Å². The Hall–Kier alpha value is -1.26. The maximum atomic E-state index is 11.9. The van der Waals surface area contributed by atoms with E-state index in [1.807, 2.05) is 27.7 Å². The molecule has 0 radical (unpaired) electrons. The van der Waals surface area contributed by atoms with Crippen molar-refractivity contribution in [1.29, 1.82) is 0 Å². The van der Waals surface area contributed by atoms with Gasteiger partial charge in [0, 0.05) is 12.5 Å². The molecule has 1 rings (SSSR count). The zero-order valence-electron chi connectivity index (χ0n) is 11.8. The summed E-state index contributed by atoms with van der Waals surface area (Å²) in [5.74, 6) is 0.131. The molecular weight excluding hydrogens is 232 g/mol. The molecule has 2 amide bonds. The Morgan fingerprint density at radius 3 is 2.50 bits per heavy atom. The second kappa shape index (κ2) is 6.07. The standard InChI is InChI=1S/C13H24N2O3/c1-5-10(6-2)11(16)14-9-13(3,4)15-7-8-18-12(15)17/h10H,5-9H2,1-4H3,(H,14,16). The van der Waals surface area contributed by atoms with E-state index in [0.717, 1.165) is 12.8 Å². The lowest BCUT2D eigenvalue weighted by atomic mass is 10.00. The minimum Gasteiger partial charge on any atom is -0.448 e. The summed E-state index contributed by atoms with van der Waals surface area (Å²) in [5, 5.41) is 2.93. The van der Waals surface area contributed by atoms with E-state index in [9.17, 15) is 9.59 Å². The number of amides is 2. The van der Waals surface area contributed by atoms with E-state index in [-0.39, 0.29) is 17.9 Å².